The monoisotopic (exact) mass is 398 g/mol. The number of carbonyl (C=O) groups is 1. The quantitative estimate of drug-likeness (QED) is 0.740. The first-order valence-electron chi connectivity index (χ1n) is 11.0. The van der Waals surface area contributed by atoms with E-state index in [0.29, 0.717) is 35.6 Å². The van der Waals surface area contributed by atoms with Crippen molar-refractivity contribution >= 4 is 16.7 Å². The maximum absolute atomic E-state index is 13.1. The lowest BCUT2D eigenvalue weighted by molar-refractivity contribution is 0.0907. The van der Waals surface area contributed by atoms with Crippen LogP contribution in [-0.4, -0.2) is 46.3 Å². The fourth-order valence-corrected chi connectivity index (χ4v) is 4.11. The molecule has 6 heteroatoms. The molecular formula is C23H34N4O2. The Morgan fingerprint density at radius 1 is 1.24 bits per heavy atom. The largest absolute Gasteiger partial charge is 0.349 e. The topological polar surface area (TPSA) is 67.2 Å². The SMILES string of the molecule is CCCCN1CCCCC1CNC(=O)c1nn(CC(C)C)c(=O)c2ccccc12. The van der Waals surface area contributed by atoms with Gasteiger partial charge in [0.2, 0.25) is 0 Å². The van der Waals surface area contributed by atoms with Gasteiger partial charge < -0.3 is 5.32 Å². The van der Waals surface area contributed by atoms with E-state index in [4.69, 9.17) is 0 Å². The number of piperidine rings is 1. The number of hydrogen-bond donors (Lipinski definition) is 1. The van der Waals surface area contributed by atoms with E-state index in [-0.39, 0.29) is 17.4 Å². The van der Waals surface area contributed by atoms with Gasteiger partial charge in [0.05, 0.1) is 5.39 Å². The van der Waals surface area contributed by atoms with Crippen LogP contribution < -0.4 is 10.9 Å². The van der Waals surface area contributed by atoms with Crippen molar-refractivity contribution in [3.63, 3.8) is 0 Å². The van der Waals surface area contributed by atoms with Gasteiger partial charge in [0, 0.05) is 24.5 Å². The second-order valence-electron chi connectivity index (χ2n) is 8.52. The number of nitrogens with zero attached hydrogens (tertiary/aromatic N) is 3. The summed E-state index contributed by atoms with van der Waals surface area (Å²) in [5.41, 5.74) is 0.209. The smallest absolute Gasteiger partial charge is 0.274 e. The molecule has 1 saturated heterocycles. The van der Waals surface area contributed by atoms with Gasteiger partial charge in [-0.1, -0.05) is 51.8 Å². The van der Waals surface area contributed by atoms with E-state index in [1.54, 1.807) is 6.07 Å². The van der Waals surface area contributed by atoms with Crippen molar-refractivity contribution < 1.29 is 4.79 Å². The van der Waals surface area contributed by atoms with Crippen LogP contribution in [0.15, 0.2) is 29.1 Å². The van der Waals surface area contributed by atoms with Crippen molar-refractivity contribution in [3.05, 3.63) is 40.3 Å². The van der Waals surface area contributed by atoms with Crippen LogP contribution >= 0.6 is 0 Å². The summed E-state index contributed by atoms with van der Waals surface area (Å²) in [5.74, 6) is 0.0753. The van der Waals surface area contributed by atoms with Gasteiger partial charge in [0.25, 0.3) is 11.5 Å². The number of hydrogen-bond acceptors (Lipinski definition) is 4. The Labute approximate surface area is 173 Å². The number of unbranched alkanes of at least 4 members (excludes halogenated alkanes) is 1. The molecule has 158 valence electrons. The second kappa shape index (κ2) is 10.0. The lowest BCUT2D eigenvalue weighted by atomic mass is 10.0. The molecule has 1 atom stereocenters. The van der Waals surface area contributed by atoms with E-state index < -0.39 is 0 Å². The Hall–Kier alpha value is -2.21. The Bertz CT molecular complexity index is 890. The molecule has 3 rings (SSSR count). The molecule has 0 bridgehead atoms. The number of fused-ring (bicyclic) bond motifs is 1. The minimum absolute atomic E-state index is 0.135. The highest BCUT2D eigenvalue weighted by molar-refractivity contribution is 6.04. The molecule has 1 aliphatic rings. The summed E-state index contributed by atoms with van der Waals surface area (Å²) in [6.45, 7) is 9.62. The average molecular weight is 399 g/mol. The molecule has 2 aromatic rings. The van der Waals surface area contributed by atoms with Crippen LogP contribution in [0.2, 0.25) is 0 Å². The molecule has 29 heavy (non-hydrogen) atoms. The minimum Gasteiger partial charge on any atom is -0.349 e. The lowest BCUT2D eigenvalue weighted by Gasteiger charge is -2.35. The number of carbonyl (C=O) groups excluding carboxylic acids is 1. The molecule has 1 aromatic carbocycles. The third kappa shape index (κ3) is 5.24. The first-order valence-corrected chi connectivity index (χ1v) is 11.0. The number of benzene rings is 1. The summed E-state index contributed by atoms with van der Waals surface area (Å²) in [4.78, 5) is 28.3. The van der Waals surface area contributed by atoms with Crippen LogP contribution in [-0.2, 0) is 6.54 Å². The Kier molecular flexibility index (Phi) is 7.42. The Morgan fingerprint density at radius 2 is 2.00 bits per heavy atom. The van der Waals surface area contributed by atoms with Crippen LogP contribution in [0.5, 0.6) is 0 Å². The van der Waals surface area contributed by atoms with Crippen LogP contribution in [0, 0.1) is 5.92 Å². The highest BCUT2D eigenvalue weighted by atomic mass is 16.2. The van der Waals surface area contributed by atoms with E-state index in [0.717, 1.165) is 19.5 Å². The molecule has 0 aliphatic carbocycles. The highest BCUT2D eigenvalue weighted by Gasteiger charge is 2.23. The maximum Gasteiger partial charge on any atom is 0.274 e. The van der Waals surface area contributed by atoms with Crippen molar-refractivity contribution in [3.8, 4) is 0 Å². The van der Waals surface area contributed by atoms with Gasteiger partial charge in [-0.15, -0.1) is 0 Å². The summed E-state index contributed by atoms with van der Waals surface area (Å²) in [6, 6.07) is 7.65. The first kappa shape index (κ1) is 21.5. The van der Waals surface area contributed by atoms with Crippen LogP contribution in [0.25, 0.3) is 10.8 Å². The highest BCUT2D eigenvalue weighted by Crippen LogP contribution is 2.18. The first-order chi connectivity index (χ1) is 14.0. The van der Waals surface area contributed by atoms with Gasteiger partial charge in [-0.25, -0.2) is 4.68 Å². The maximum atomic E-state index is 13.1. The number of aromatic nitrogens is 2. The van der Waals surface area contributed by atoms with Gasteiger partial charge in [0.1, 0.15) is 0 Å². The van der Waals surface area contributed by atoms with Crippen molar-refractivity contribution in [1.29, 1.82) is 0 Å². The van der Waals surface area contributed by atoms with Crippen LogP contribution in [0.4, 0.5) is 0 Å². The summed E-state index contributed by atoms with van der Waals surface area (Å²) >= 11 is 0. The van der Waals surface area contributed by atoms with E-state index >= 15 is 0 Å². The second-order valence-corrected chi connectivity index (χ2v) is 8.52. The predicted octanol–water partition coefficient (Wildman–Crippen LogP) is 3.44. The molecule has 2 heterocycles. The lowest BCUT2D eigenvalue weighted by Crippen LogP contribution is -2.47. The standard InChI is InChI=1S/C23H34N4O2/c1-4-5-13-26-14-9-8-10-18(26)15-24-22(28)21-19-11-6-7-12-20(19)23(29)27(25-21)16-17(2)3/h6-7,11-12,17-18H,4-5,8-10,13-16H2,1-3H3,(H,24,28). The number of nitrogens with one attached hydrogen (secondary N) is 1. The zero-order chi connectivity index (χ0) is 20.8. The fourth-order valence-electron chi connectivity index (χ4n) is 4.11. The zero-order valence-electron chi connectivity index (χ0n) is 18.0. The van der Waals surface area contributed by atoms with Gasteiger partial charge in [-0.2, -0.15) is 5.10 Å². The van der Waals surface area contributed by atoms with Crippen molar-refractivity contribution in [2.45, 2.75) is 65.5 Å². The Balaban J connectivity index is 1.81. The molecule has 1 aromatic heterocycles. The predicted molar refractivity (Wildman–Crippen MR) is 117 cm³/mol. The third-order valence-corrected chi connectivity index (χ3v) is 5.67. The summed E-state index contributed by atoms with van der Waals surface area (Å²) < 4.78 is 1.44. The molecular weight excluding hydrogens is 364 g/mol. The minimum atomic E-state index is -0.195. The molecule has 1 unspecified atom stereocenters. The van der Waals surface area contributed by atoms with Gasteiger partial charge in [-0.05, 0) is 44.3 Å². The number of likely N-dealkylation sites (tertiary alicyclic amines) is 1. The van der Waals surface area contributed by atoms with Crippen LogP contribution in [0.1, 0.15) is 63.4 Å². The molecule has 1 aliphatic heterocycles. The molecule has 0 spiro atoms. The van der Waals surface area contributed by atoms with Crippen molar-refractivity contribution in [2.75, 3.05) is 19.6 Å². The van der Waals surface area contributed by atoms with E-state index in [1.165, 1.54) is 30.4 Å². The summed E-state index contributed by atoms with van der Waals surface area (Å²) in [5, 5.41) is 8.74. The van der Waals surface area contributed by atoms with Gasteiger partial charge in [-0.3, -0.25) is 14.5 Å². The zero-order valence-corrected chi connectivity index (χ0v) is 18.0. The molecule has 1 amide bonds. The van der Waals surface area contributed by atoms with E-state index in [1.807, 2.05) is 32.0 Å². The number of rotatable bonds is 8. The van der Waals surface area contributed by atoms with E-state index in [9.17, 15) is 9.59 Å². The van der Waals surface area contributed by atoms with Crippen molar-refractivity contribution in [2.24, 2.45) is 5.92 Å². The molecule has 1 N–H and O–H groups in total. The molecule has 0 saturated carbocycles. The molecule has 6 nitrogen and oxygen atoms in total. The molecule has 0 radical (unpaired) electrons. The average Bonchev–Trinajstić information content (AvgIpc) is 2.72. The van der Waals surface area contributed by atoms with Crippen LogP contribution in [0.3, 0.4) is 0 Å². The summed E-state index contributed by atoms with van der Waals surface area (Å²) in [6.07, 6.45) is 5.94. The fraction of sp³-hybridized carbons (Fsp3) is 0.609. The number of amides is 1. The summed E-state index contributed by atoms with van der Waals surface area (Å²) in [7, 11) is 0. The molecule has 1 fully saturated rings. The van der Waals surface area contributed by atoms with Crippen molar-refractivity contribution in [1.82, 2.24) is 20.0 Å². The third-order valence-electron chi connectivity index (χ3n) is 5.67. The van der Waals surface area contributed by atoms with Gasteiger partial charge >= 0.3 is 0 Å². The van der Waals surface area contributed by atoms with E-state index in [2.05, 4.69) is 22.2 Å². The Morgan fingerprint density at radius 3 is 2.72 bits per heavy atom. The van der Waals surface area contributed by atoms with Gasteiger partial charge in [0.15, 0.2) is 5.69 Å². The normalized spacial score (nSPS) is 17.7.